The molecule has 1 heterocycles. The first-order valence-electron chi connectivity index (χ1n) is 9.80. The SMILES string of the molecule is CC(CC(Cc1ccc(-c2ccccc2)cc1)NC(=O)c1c[nH]c(C(=O)O)n1)C(=O)O. The number of carboxylic acids is 2. The maximum atomic E-state index is 12.5. The molecule has 2 unspecified atom stereocenters. The lowest BCUT2D eigenvalue weighted by atomic mass is 9.95. The maximum absolute atomic E-state index is 12.5. The van der Waals surface area contributed by atoms with Gasteiger partial charge in [-0.3, -0.25) is 9.59 Å². The van der Waals surface area contributed by atoms with E-state index in [9.17, 15) is 19.5 Å². The van der Waals surface area contributed by atoms with Gasteiger partial charge in [0.1, 0.15) is 5.69 Å². The van der Waals surface area contributed by atoms with Crippen molar-refractivity contribution in [2.24, 2.45) is 5.92 Å². The summed E-state index contributed by atoms with van der Waals surface area (Å²) in [6, 6.07) is 17.3. The first kappa shape index (κ1) is 21.8. The van der Waals surface area contributed by atoms with Crippen LogP contribution in [-0.2, 0) is 11.2 Å². The molecule has 0 saturated carbocycles. The van der Waals surface area contributed by atoms with Gasteiger partial charge >= 0.3 is 11.9 Å². The standard InChI is InChI=1S/C23H23N3O5/c1-14(22(28)29)11-18(25-21(27)19-13-24-20(26-19)23(30)31)12-15-7-9-17(10-8-15)16-5-3-2-4-6-16/h2-10,13-14,18H,11-12H2,1H3,(H,24,26)(H,25,27)(H,28,29)(H,30,31). The quantitative estimate of drug-likeness (QED) is 0.419. The predicted octanol–water partition coefficient (Wildman–Crippen LogP) is 3.23. The number of aliphatic carboxylic acids is 1. The number of amides is 1. The summed E-state index contributed by atoms with van der Waals surface area (Å²) < 4.78 is 0. The molecular formula is C23H23N3O5. The Hall–Kier alpha value is -3.94. The minimum atomic E-state index is -1.27. The maximum Gasteiger partial charge on any atom is 0.371 e. The highest BCUT2D eigenvalue weighted by Gasteiger charge is 2.22. The molecule has 2 atom stereocenters. The molecular weight excluding hydrogens is 398 g/mol. The number of aromatic nitrogens is 2. The molecule has 8 nitrogen and oxygen atoms in total. The van der Waals surface area contributed by atoms with Gasteiger partial charge in [0.05, 0.1) is 5.92 Å². The first-order valence-corrected chi connectivity index (χ1v) is 9.80. The molecule has 0 saturated heterocycles. The summed E-state index contributed by atoms with van der Waals surface area (Å²) in [7, 11) is 0. The normalized spacial score (nSPS) is 12.7. The molecule has 1 amide bonds. The van der Waals surface area contributed by atoms with Crippen LogP contribution in [0.5, 0.6) is 0 Å². The number of nitrogens with zero attached hydrogens (tertiary/aromatic N) is 1. The van der Waals surface area contributed by atoms with Gasteiger partial charge in [0.2, 0.25) is 5.82 Å². The summed E-state index contributed by atoms with van der Waals surface area (Å²) in [6.45, 7) is 1.58. The van der Waals surface area contributed by atoms with E-state index in [1.54, 1.807) is 6.92 Å². The Morgan fingerprint density at radius 2 is 1.65 bits per heavy atom. The minimum Gasteiger partial charge on any atom is -0.481 e. The van der Waals surface area contributed by atoms with Crippen LogP contribution in [0.4, 0.5) is 0 Å². The van der Waals surface area contributed by atoms with E-state index in [-0.39, 0.29) is 17.9 Å². The third kappa shape index (κ3) is 5.79. The Bertz CT molecular complexity index is 1060. The monoisotopic (exact) mass is 421 g/mol. The van der Waals surface area contributed by atoms with Crippen molar-refractivity contribution >= 4 is 17.8 Å². The molecule has 31 heavy (non-hydrogen) atoms. The van der Waals surface area contributed by atoms with Gasteiger partial charge in [0.15, 0.2) is 0 Å². The van der Waals surface area contributed by atoms with Gasteiger partial charge < -0.3 is 20.5 Å². The lowest BCUT2D eigenvalue weighted by molar-refractivity contribution is -0.141. The van der Waals surface area contributed by atoms with E-state index in [4.69, 9.17) is 5.11 Å². The smallest absolute Gasteiger partial charge is 0.371 e. The number of aromatic carboxylic acids is 1. The average Bonchev–Trinajstić information content (AvgIpc) is 3.25. The van der Waals surface area contributed by atoms with Crippen LogP contribution >= 0.6 is 0 Å². The number of carboxylic acid groups (broad SMARTS) is 2. The third-order valence-electron chi connectivity index (χ3n) is 4.95. The van der Waals surface area contributed by atoms with E-state index < -0.39 is 29.8 Å². The zero-order chi connectivity index (χ0) is 22.4. The Balaban J connectivity index is 1.74. The molecule has 0 spiro atoms. The van der Waals surface area contributed by atoms with Crippen LogP contribution in [0.15, 0.2) is 60.8 Å². The van der Waals surface area contributed by atoms with E-state index in [0.29, 0.717) is 6.42 Å². The van der Waals surface area contributed by atoms with Gasteiger partial charge in [0, 0.05) is 12.2 Å². The molecule has 3 rings (SSSR count). The number of carbonyl (C=O) groups is 3. The Labute approximate surface area is 179 Å². The van der Waals surface area contributed by atoms with Crippen molar-refractivity contribution in [1.29, 1.82) is 0 Å². The summed E-state index contributed by atoms with van der Waals surface area (Å²) in [4.78, 5) is 41.0. The lowest BCUT2D eigenvalue weighted by Crippen LogP contribution is -2.38. The van der Waals surface area contributed by atoms with Crippen LogP contribution in [0.1, 0.15) is 40.0 Å². The van der Waals surface area contributed by atoms with Crippen molar-refractivity contribution in [3.8, 4) is 11.1 Å². The van der Waals surface area contributed by atoms with Gasteiger partial charge in [-0.1, -0.05) is 61.5 Å². The number of rotatable bonds is 9. The second-order valence-electron chi connectivity index (χ2n) is 7.35. The first-order chi connectivity index (χ1) is 14.8. The molecule has 160 valence electrons. The van der Waals surface area contributed by atoms with Crippen LogP contribution in [-0.4, -0.2) is 44.1 Å². The van der Waals surface area contributed by atoms with Crippen molar-refractivity contribution < 1.29 is 24.6 Å². The van der Waals surface area contributed by atoms with Gasteiger partial charge in [-0.25, -0.2) is 9.78 Å². The van der Waals surface area contributed by atoms with E-state index in [1.807, 2.05) is 54.6 Å². The minimum absolute atomic E-state index is 0.0650. The van der Waals surface area contributed by atoms with Crippen molar-refractivity contribution in [3.05, 3.63) is 77.9 Å². The van der Waals surface area contributed by atoms with Gasteiger partial charge in [0.25, 0.3) is 5.91 Å². The molecule has 2 aromatic carbocycles. The number of hydrogen-bond acceptors (Lipinski definition) is 4. The number of H-pyrrole nitrogens is 1. The van der Waals surface area contributed by atoms with Crippen molar-refractivity contribution in [1.82, 2.24) is 15.3 Å². The summed E-state index contributed by atoms with van der Waals surface area (Å²) in [6.07, 6.45) is 1.86. The molecule has 3 aromatic rings. The van der Waals surface area contributed by atoms with Crippen molar-refractivity contribution in [2.75, 3.05) is 0 Å². The van der Waals surface area contributed by atoms with Gasteiger partial charge in [-0.15, -0.1) is 0 Å². The molecule has 0 aliphatic heterocycles. The topological polar surface area (TPSA) is 132 Å². The summed E-state index contributed by atoms with van der Waals surface area (Å²) in [5, 5.41) is 21.0. The van der Waals surface area contributed by atoms with Crippen LogP contribution in [0.25, 0.3) is 11.1 Å². The van der Waals surface area contributed by atoms with E-state index in [1.165, 1.54) is 6.20 Å². The van der Waals surface area contributed by atoms with Crippen LogP contribution in [0.2, 0.25) is 0 Å². The van der Waals surface area contributed by atoms with E-state index >= 15 is 0 Å². The number of nitrogens with one attached hydrogen (secondary N) is 2. The number of imidazole rings is 1. The zero-order valence-electron chi connectivity index (χ0n) is 16.9. The highest BCUT2D eigenvalue weighted by atomic mass is 16.4. The fraction of sp³-hybridized carbons (Fsp3) is 0.217. The zero-order valence-corrected chi connectivity index (χ0v) is 16.9. The largest absolute Gasteiger partial charge is 0.481 e. The highest BCUT2D eigenvalue weighted by molar-refractivity contribution is 5.94. The number of carbonyl (C=O) groups excluding carboxylic acids is 1. The molecule has 1 aromatic heterocycles. The molecule has 0 bridgehead atoms. The fourth-order valence-electron chi connectivity index (χ4n) is 3.28. The Morgan fingerprint density at radius 3 is 2.23 bits per heavy atom. The molecule has 0 radical (unpaired) electrons. The average molecular weight is 421 g/mol. The third-order valence-corrected chi connectivity index (χ3v) is 4.95. The van der Waals surface area contributed by atoms with Gasteiger partial charge in [-0.05, 0) is 29.5 Å². The number of hydrogen-bond donors (Lipinski definition) is 4. The Kier molecular flexibility index (Phi) is 6.81. The number of aromatic amines is 1. The van der Waals surface area contributed by atoms with Crippen LogP contribution < -0.4 is 5.32 Å². The molecule has 0 aliphatic carbocycles. The highest BCUT2D eigenvalue weighted by Crippen LogP contribution is 2.20. The van der Waals surface area contributed by atoms with Crippen molar-refractivity contribution in [3.63, 3.8) is 0 Å². The van der Waals surface area contributed by atoms with Crippen LogP contribution in [0.3, 0.4) is 0 Å². The molecule has 8 heteroatoms. The summed E-state index contributed by atoms with van der Waals surface area (Å²) >= 11 is 0. The Morgan fingerprint density at radius 1 is 1.00 bits per heavy atom. The summed E-state index contributed by atoms with van der Waals surface area (Å²) in [5.41, 5.74) is 3.02. The molecule has 4 N–H and O–H groups in total. The summed E-state index contributed by atoms with van der Waals surface area (Å²) in [5.74, 6) is -3.78. The second-order valence-corrected chi connectivity index (χ2v) is 7.35. The van der Waals surface area contributed by atoms with Crippen molar-refractivity contribution in [2.45, 2.75) is 25.8 Å². The predicted molar refractivity (Wildman–Crippen MR) is 114 cm³/mol. The lowest BCUT2D eigenvalue weighted by Gasteiger charge is -2.20. The van der Waals surface area contributed by atoms with Crippen LogP contribution in [0, 0.1) is 5.92 Å². The fourth-order valence-corrected chi connectivity index (χ4v) is 3.28. The molecule has 0 fully saturated rings. The molecule has 0 aliphatic rings. The van der Waals surface area contributed by atoms with E-state index in [0.717, 1.165) is 16.7 Å². The van der Waals surface area contributed by atoms with Gasteiger partial charge in [-0.2, -0.15) is 0 Å². The second kappa shape index (κ2) is 9.71. The van der Waals surface area contributed by atoms with E-state index in [2.05, 4.69) is 15.3 Å². The number of benzene rings is 2.